The summed E-state index contributed by atoms with van der Waals surface area (Å²) in [6.45, 7) is 6.05. The molecule has 1 heterocycles. The van der Waals surface area contributed by atoms with Crippen LogP contribution in [-0.2, 0) is 4.79 Å². The second-order valence-electron chi connectivity index (χ2n) is 6.61. The van der Waals surface area contributed by atoms with Gasteiger partial charge in [-0.1, -0.05) is 19.9 Å². The van der Waals surface area contributed by atoms with Crippen molar-refractivity contribution in [3.05, 3.63) is 30.1 Å². The molecule has 0 radical (unpaired) electrons. The first-order valence-corrected chi connectivity index (χ1v) is 7.80. The third-order valence-corrected chi connectivity index (χ3v) is 4.26. The van der Waals surface area contributed by atoms with Gasteiger partial charge in [-0.2, -0.15) is 0 Å². The summed E-state index contributed by atoms with van der Waals surface area (Å²) < 4.78 is 18.5. The monoisotopic (exact) mass is 308 g/mol. The molecule has 1 amide bonds. The summed E-state index contributed by atoms with van der Waals surface area (Å²) >= 11 is 0. The Bertz CT molecular complexity index is 519. The number of carbonyl (C=O) groups excluding carboxylic acids is 1. The van der Waals surface area contributed by atoms with Crippen molar-refractivity contribution in [2.75, 3.05) is 19.7 Å². The van der Waals surface area contributed by atoms with Gasteiger partial charge >= 0.3 is 0 Å². The highest BCUT2D eigenvalue weighted by Crippen LogP contribution is 2.28. The minimum absolute atomic E-state index is 0.0357. The number of piperidine rings is 1. The Labute approximate surface area is 131 Å². The van der Waals surface area contributed by atoms with Crippen LogP contribution in [0.25, 0.3) is 0 Å². The van der Waals surface area contributed by atoms with Crippen LogP contribution in [0, 0.1) is 11.2 Å². The van der Waals surface area contributed by atoms with E-state index in [1.807, 2.05) is 4.90 Å². The lowest BCUT2D eigenvalue weighted by atomic mass is 9.79. The Morgan fingerprint density at radius 3 is 2.95 bits per heavy atom. The van der Waals surface area contributed by atoms with Gasteiger partial charge in [0.2, 0.25) is 5.91 Å². The molecule has 1 unspecified atom stereocenters. The van der Waals surface area contributed by atoms with E-state index in [2.05, 4.69) is 13.8 Å². The normalized spacial score (nSPS) is 20.7. The minimum atomic E-state index is -0.319. The van der Waals surface area contributed by atoms with Crippen LogP contribution in [-0.4, -0.2) is 36.5 Å². The number of likely N-dealkylation sites (tertiary alicyclic amines) is 1. The molecule has 2 N–H and O–H groups in total. The molecule has 1 atom stereocenters. The molecule has 0 bridgehead atoms. The number of amides is 1. The summed E-state index contributed by atoms with van der Waals surface area (Å²) in [5.74, 6) is 0.320. The van der Waals surface area contributed by atoms with Crippen molar-refractivity contribution in [1.29, 1.82) is 0 Å². The van der Waals surface area contributed by atoms with Crippen molar-refractivity contribution in [3.63, 3.8) is 0 Å². The summed E-state index contributed by atoms with van der Waals surface area (Å²) in [5.41, 5.74) is 6.05. The first kappa shape index (κ1) is 16.7. The van der Waals surface area contributed by atoms with Gasteiger partial charge in [0, 0.05) is 31.6 Å². The third-order valence-electron chi connectivity index (χ3n) is 4.26. The Kier molecular flexibility index (Phi) is 5.40. The van der Waals surface area contributed by atoms with Crippen molar-refractivity contribution in [2.45, 2.75) is 39.2 Å². The lowest BCUT2D eigenvalue weighted by molar-refractivity contribution is -0.134. The van der Waals surface area contributed by atoms with E-state index < -0.39 is 0 Å². The highest BCUT2D eigenvalue weighted by atomic mass is 19.1. The SMILES string of the molecule is CC1(C)CN(C(=O)CCCOc2cccc(F)c2)CCC1N. The van der Waals surface area contributed by atoms with Crippen molar-refractivity contribution >= 4 is 5.91 Å². The van der Waals surface area contributed by atoms with E-state index in [-0.39, 0.29) is 23.2 Å². The Morgan fingerprint density at radius 2 is 2.27 bits per heavy atom. The standard InChI is InChI=1S/C17H25FN2O2/c1-17(2)12-20(9-8-15(17)19)16(21)7-4-10-22-14-6-3-5-13(18)11-14/h3,5-6,11,15H,4,7-10,12,19H2,1-2H3. The first-order chi connectivity index (χ1) is 10.4. The Morgan fingerprint density at radius 1 is 1.50 bits per heavy atom. The van der Waals surface area contributed by atoms with E-state index in [0.717, 1.165) is 13.0 Å². The molecular formula is C17H25FN2O2. The molecule has 22 heavy (non-hydrogen) atoms. The molecule has 1 aliphatic rings. The number of nitrogens with zero attached hydrogens (tertiary/aromatic N) is 1. The number of hydrogen-bond donors (Lipinski definition) is 1. The van der Waals surface area contributed by atoms with Crippen LogP contribution < -0.4 is 10.5 Å². The molecule has 2 rings (SSSR count). The number of nitrogens with two attached hydrogens (primary N) is 1. The Balaban J connectivity index is 1.72. The fourth-order valence-electron chi connectivity index (χ4n) is 2.72. The molecule has 0 saturated carbocycles. The third kappa shape index (κ3) is 4.44. The molecule has 1 aliphatic heterocycles. The molecule has 0 aliphatic carbocycles. The average molecular weight is 308 g/mol. The molecule has 1 fully saturated rings. The Hall–Kier alpha value is -1.62. The maximum atomic E-state index is 13.0. The van der Waals surface area contributed by atoms with Crippen LogP contribution in [0.15, 0.2) is 24.3 Å². The van der Waals surface area contributed by atoms with Crippen molar-refractivity contribution < 1.29 is 13.9 Å². The van der Waals surface area contributed by atoms with Gasteiger partial charge in [0.15, 0.2) is 0 Å². The molecule has 1 aromatic carbocycles. The largest absolute Gasteiger partial charge is 0.493 e. The topological polar surface area (TPSA) is 55.6 Å². The first-order valence-electron chi connectivity index (χ1n) is 7.80. The zero-order valence-electron chi connectivity index (χ0n) is 13.3. The maximum absolute atomic E-state index is 13.0. The van der Waals surface area contributed by atoms with Gasteiger partial charge < -0.3 is 15.4 Å². The molecule has 0 spiro atoms. The molecule has 5 heteroatoms. The molecule has 122 valence electrons. The lowest BCUT2D eigenvalue weighted by Gasteiger charge is -2.42. The molecule has 0 aromatic heterocycles. The van der Waals surface area contributed by atoms with E-state index in [1.54, 1.807) is 12.1 Å². The fraction of sp³-hybridized carbons (Fsp3) is 0.588. The van der Waals surface area contributed by atoms with Crippen molar-refractivity contribution in [1.82, 2.24) is 4.90 Å². The fourth-order valence-corrected chi connectivity index (χ4v) is 2.72. The maximum Gasteiger partial charge on any atom is 0.222 e. The van der Waals surface area contributed by atoms with Gasteiger partial charge in [0.25, 0.3) is 0 Å². The number of hydrogen-bond acceptors (Lipinski definition) is 3. The van der Waals surface area contributed by atoms with E-state index in [4.69, 9.17) is 10.5 Å². The van der Waals surface area contributed by atoms with Crippen molar-refractivity contribution in [2.24, 2.45) is 11.1 Å². The van der Waals surface area contributed by atoms with E-state index in [0.29, 0.717) is 31.7 Å². The highest BCUT2D eigenvalue weighted by molar-refractivity contribution is 5.76. The average Bonchev–Trinajstić information content (AvgIpc) is 2.46. The molecule has 1 aromatic rings. The summed E-state index contributed by atoms with van der Waals surface area (Å²) in [6.07, 6.45) is 1.91. The van der Waals surface area contributed by atoms with Crippen molar-refractivity contribution in [3.8, 4) is 5.75 Å². The number of ether oxygens (including phenoxy) is 1. The van der Waals surface area contributed by atoms with Gasteiger partial charge in [-0.15, -0.1) is 0 Å². The highest BCUT2D eigenvalue weighted by Gasteiger charge is 2.34. The minimum Gasteiger partial charge on any atom is -0.493 e. The zero-order valence-corrected chi connectivity index (χ0v) is 13.3. The van der Waals surface area contributed by atoms with Gasteiger partial charge in [0.1, 0.15) is 11.6 Å². The number of benzene rings is 1. The summed E-state index contributed by atoms with van der Waals surface area (Å²) in [5, 5.41) is 0. The number of rotatable bonds is 5. The van der Waals surface area contributed by atoms with Crippen LogP contribution in [0.3, 0.4) is 0 Å². The molecule has 1 saturated heterocycles. The van der Waals surface area contributed by atoms with Gasteiger partial charge in [0.05, 0.1) is 6.61 Å². The van der Waals surface area contributed by atoms with E-state index in [9.17, 15) is 9.18 Å². The van der Waals surface area contributed by atoms with Crippen LogP contribution in [0.4, 0.5) is 4.39 Å². The van der Waals surface area contributed by atoms with E-state index >= 15 is 0 Å². The van der Waals surface area contributed by atoms with Crippen LogP contribution in [0.5, 0.6) is 5.75 Å². The zero-order chi connectivity index (χ0) is 16.2. The van der Waals surface area contributed by atoms with Gasteiger partial charge in [-0.3, -0.25) is 4.79 Å². The summed E-state index contributed by atoms with van der Waals surface area (Å²) in [6, 6.07) is 6.18. The quantitative estimate of drug-likeness (QED) is 0.851. The van der Waals surface area contributed by atoms with Crippen LogP contribution >= 0.6 is 0 Å². The molecule has 4 nitrogen and oxygen atoms in total. The summed E-state index contributed by atoms with van der Waals surface area (Å²) in [4.78, 5) is 14.1. The van der Waals surface area contributed by atoms with Crippen LogP contribution in [0.1, 0.15) is 33.1 Å². The van der Waals surface area contributed by atoms with Gasteiger partial charge in [-0.25, -0.2) is 4.39 Å². The second kappa shape index (κ2) is 7.09. The predicted molar refractivity (Wildman–Crippen MR) is 84.1 cm³/mol. The number of carbonyl (C=O) groups is 1. The second-order valence-corrected chi connectivity index (χ2v) is 6.61. The van der Waals surface area contributed by atoms with Gasteiger partial charge in [-0.05, 0) is 30.4 Å². The van der Waals surface area contributed by atoms with Crippen LogP contribution in [0.2, 0.25) is 0 Å². The lowest BCUT2D eigenvalue weighted by Crippen LogP contribution is -2.54. The molecular weight excluding hydrogens is 283 g/mol. The van der Waals surface area contributed by atoms with E-state index in [1.165, 1.54) is 12.1 Å². The number of halogens is 1. The predicted octanol–water partition coefficient (Wildman–Crippen LogP) is 2.57. The summed E-state index contributed by atoms with van der Waals surface area (Å²) in [7, 11) is 0. The smallest absolute Gasteiger partial charge is 0.222 e.